The van der Waals surface area contributed by atoms with E-state index in [2.05, 4.69) is 71.6 Å². The fraction of sp³-hybridized carbons (Fsp3) is 0.324. The molecule has 4 rings (SSSR count). The second kappa shape index (κ2) is 17.7. The molecular weight excluding hydrogens is 522 g/mol. The third kappa shape index (κ3) is 11.1. The minimum Gasteiger partial charge on any atom is -0.485 e. The Morgan fingerprint density at radius 3 is 1.83 bits per heavy atom. The van der Waals surface area contributed by atoms with Crippen molar-refractivity contribution in [2.24, 2.45) is 0 Å². The number of hydrogen-bond acceptors (Lipinski definition) is 5. The molecule has 4 aromatic carbocycles. The average Bonchev–Trinajstić information content (AvgIpc) is 3.03. The van der Waals surface area contributed by atoms with Crippen LogP contribution in [0.15, 0.2) is 109 Å². The van der Waals surface area contributed by atoms with Crippen molar-refractivity contribution in [2.45, 2.75) is 58.8 Å². The first-order chi connectivity index (χ1) is 20.7. The predicted molar refractivity (Wildman–Crippen MR) is 169 cm³/mol. The van der Waals surface area contributed by atoms with Gasteiger partial charge in [0.2, 0.25) is 0 Å². The number of hydrogen-bond donors (Lipinski definition) is 0. The quantitative estimate of drug-likeness (QED) is 0.0903. The molecular formula is C37H43NO4. The molecule has 0 radical (unpaired) electrons. The van der Waals surface area contributed by atoms with E-state index in [1.165, 1.54) is 11.1 Å². The van der Waals surface area contributed by atoms with E-state index in [0.29, 0.717) is 26.2 Å². The summed E-state index contributed by atoms with van der Waals surface area (Å²) < 4.78 is 17.6. The molecule has 0 atom stereocenters. The van der Waals surface area contributed by atoms with Crippen LogP contribution in [0.25, 0.3) is 0 Å². The van der Waals surface area contributed by atoms with Crippen molar-refractivity contribution in [3.05, 3.63) is 131 Å². The zero-order valence-electron chi connectivity index (χ0n) is 24.8. The number of carbonyl (C=O) groups excluding carboxylic acids is 1. The third-order valence-corrected chi connectivity index (χ3v) is 7.11. The standard InChI is InChI=1S/C37H43NO4/c1-2-40-37(39)21-13-6-14-25-38(28-32-15-7-3-8-16-32)26-24-31-22-23-35(41-29-33-17-9-4-10-18-33)36(27-31)42-30-34-19-11-5-12-20-34/h3-5,7-12,15-20,22-23,27H,2,6,13-14,21,24-26,28-30H2,1H3. The van der Waals surface area contributed by atoms with Gasteiger partial charge in [0.15, 0.2) is 11.5 Å². The minimum absolute atomic E-state index is 0.0971. The highest BCUT2D eigenvalue weighted by molar-refractivity contribution is 5.69. The summed E-state index contributed by atoms with van der Waals surface area (Å²) in [5.41, 5.74) is 4.76. The van der Waals surface area contributed by atoms with Gasteiger partial charge in [-0.2, -0.15) is 0 Å². The fourth-order valence-corrected chi connectivity index (χ4v) is 4.82. The summed E-state index contributed by atoms with van der Waals surface area (Å²) in [6.07, 6.45) is 4.32. The average molecular weight is 566 g/mol. The second-order valence-electron chi connectivity index (χ2n) is 10.5. The molecule has 0 bridgehead atoms. The smallest absolute Gasteiger partial charge is 0.305 e. The molecule has 0 fully saturated rings. The monoisotopic (exact) mass is 565 g/mol. The summed E-state index contributed by atoms with van der Waals surface area (Å²) in [6, 6.07) is 37.3. The molecule has 5 nitrogen and oxygen atoms in total. The Labute approximate surface area is 251 Å². The van der Waals surface area contributed by atoms with Crippen molar-refractivity contribution >= 4 is 5.97 Å². The van der Waals surface area contributed by atoms with Crippen LogP contribution in [0.2, 0.25) is 0 Å². The molecule has 0 unspecified atom stereocenters. The van der Waals surface area contributed by atoms with Crippen molar-refractivity contribution in [3.63, 3.8) is 0 Å². The zero-order chi connectivity index (χ0) is 29.2. The number of esters is 1. The topological polar surface area (TPSA) is 48.0 Å². The third-order valence-electron chi connectivity index (χ3n) is 7.11. The summed E-state index contributed by atoms with van der Waals surface area (Å²) in [6.45, 7) is 6.07. The molecule has 0 spiro atoms. The minimum atomic E-state index is -0.0971. The highest BCUT2D eigenvalue weighted by Crippen LogP contribution is 2.30. The van der Waals surface area contributed by atoms with Gasteiger partial charge < -0.3 is 14.2 Å². The molecule has 0 amide bonds. The van der Waals surface area contributed by atoms with E-state index < -0.39 is 0 Å². The molecule has 0 aliphatic rings. The van der Waals surface area contributed by atoms with Crippen molar-refractivity contribution in [1.82, 2.24) is 4.90 Å². The molecule has 0 saturated heterocycles. The molecule has 42 heavy (non-hydrogen) atoms. The van der Waals surface area contributed by atoms with Gasteiger partial charge in [0.05, 0.1) is 6.61 Å². The summed E-state index contributed by atoms with van der Waals surface area (Å²) in [7, 11) is 0. The van der Waals surface area contributed by atoms with Crippen LogP contribution in [0.4, 0.5) is 0 Å². The Kier molecular flexibility index (Phi) is 13.0. The van der Waals surface area contributed by atoms with E-state index in [-0.39, 0.29) is 5.97 Å². The predicted octanol–water partition coefficient (Wildman–Crippen LogP) is 8.01. The largest absolute Gasteiger partial charge is 0.485 e. The van der Waals surface area contributed by atoms with Crippen molar-refractivity contribution in [3.8, 4) is 11.5 Å². The fourth-order valence-electron chi connectivity index (χ4n) is 4.82. The first kappa shape index (κ1) is 30.9. The van der Waals surface area contributed by atoms with E-state index in [4.69, 9.17) is 14.2 Å². The Balaban J connectivity index is 1.39. The van der Waals surface area contributed by atoms with Crippen LogP contribution in [0.1, 0.15) is 54.9 Å². The van der Waals surface area contributed by atoms with E-state index in [9.17, 15) is 4.79 Å². The van der Waals surface area contributed by atoms with Crippen LogP contribution in [0.5, 0.6) is 11.5 Å². The Bertz CT molecular complexity index is 1310. The van der Waals surface area contributed by atoms with Crippen LogP contribution < -0.4 is 9.47 Å². The number of nitrogens with zero attached hydrogens (tertiary/aromatic N) is 1. The van der Waals surface area contributed by atoms with E-state index in [1.807, 2.05) is 49.4 Å². The van der Waals surface area contributed by atoms with Crippen molar-refractivity contribution in [1.29, 1.82) is 0 Å². The van der Waals surface area contributed by atoms with Crippen LogP contribution in [-0.2, 0) is 35.7 Å². The van der Waals surface area contributed by atoms with E-state index in [1.54, 1.807) is 0 Å². The van der Waals surface area contributed by atoms with Gasteiger partial charge in [0, 0.05) is 19.5 Å². The lowest BCUT2D eigenvalue weighted by Gasteiger charge is -2.23. The van der Waals surface area contributed by atoms with Crippen LogP contribution in [0.3, 0.4) is 0 Å². The molecule has 0 aromatic heterocycles. The Morgan fingerprint density at radius 1 is 0.619 bits per heavy atom. The first-order valence-corrected chi connectivity index (χ1v) is 15.1. The number of ether oxygens (including phenoxy) is 3. The van der Waals surface area contributed by atoms with Gasteiger partial charge in [-0.3, -0.25) is 9.69 Å². The lowest BCUT2D eigenvalue weighted by atomic mass is 10.1. The summed E-state index contributed by atoms with van der Waals surface area (Å²) in [5.74, 6) is 1.42. The highest BCUT2D eigenvalue weighted by Gasteiger charge is 2.12. The molecule has 5 heteroatoms. The van der Waals surface area contributed by atoms with E-state index >= 15 is 0 Å². The van der Waals surface area contributed by atoms with E-state index in [0.717, 1.165) is 67.9 Å². The highest BCUT2D eigenvalue weighted by atomic mass is 16.5. The van der Waals surface area contributed by atoms with Crippen LogP contribution >= 0.6 is 0 Å². The molecule has 0 saturated carbocycles. The number of rotatable bonds is 18. The number of carbonyl (C=O) groups is 1. The summed E-state index contributed by atoms with van der Waals surface area (Å²) in [5, 5.41) is 0. The van der Waals surface area contributed by atoms with Crippen LogP contribution in [-0.4, -0.2) is 30.6 Å². The molecule has 0 heterocycles. The van der Waals surface area contributed by atoms with Gasteiger partial charge in [0.25, 0.3) is 0 Å². The number of unbranched alkanes of at least 4 members (excludes halogenated alkanes) is 2. The molecule has 0 N–H and O–H groups in total. The molecule has 0 aliphatic carbocycles. The lowest BCUT2D eigenvalue weighted by Crippen LogP contribution is -2.27. The second-order valence-corrected chi connectivity index (χ2v) is 10.5. The maximum Gasteiger partial charge on any atom is 0.305 e. The van der Waals surface area contributed by atoms with Crippen molar-refractivity contribution < 1.29 is 19.0 Å². The normalized spacial score (nSPS) is 10.9. The Morgan fingerprint density at radius 2 is 1.21 bits per heavy atom. The molecule has 220 valence electrons. The number of benzene rings is 4. The molecule has 0 aliphatic heterocycles. The zero-order valence-corrected chi connectivity index (χ0v) is 24.8. The van der Waals surface area contributed by atoms with Gasteiger partial charge >= 0.3 is 5.97 Å². The molecule has 4 aromatic rings. The Hall–Kier alpha value is -4.09. The van der Waals surface area contributed by atoms with Gasteiger partial charge in [-0.15, -0.1) is 0 Å². The van der Waals surface area contributed by atoms with Gasteiger partial charge in [0.1, 0.15) is 13.2 Å². The van der Waals surface area contributed by atoms with Crippen LogP contribution in [0, 0.1) is 0 Å². The maximum atomic E-state index is 11.7. The lowest BCUT2D eigenvalue weighted by molar-refractivity contribution is -0.143. The summed E-state index contributed by atoms with van der Waals surface area (Å²) in [4.78, 5) is 14.2. The van der Waals surface area contributed by atoms with Gasteiger partial charge in [-0.05, 0) is 67.1 Å². The first-order valence-electron chi connectivity index (χ1n) is 15.1. The van der Waals surface area contributed by atoms with Crippen molar-refractivity contribution in [2.75, 3.05) is 19.7 Å². The van der Waals surface area contributed by atoms with Gasteiger partial charge in [-0.1, -0.05) is 103 Å². The maximum absolute atomic E-state index is 11.7. The SMILES string of the molecule is CCOC(=O)CCCCCN(CCc1ccc(OCc2ccccc2)c(OCc2ccccc2)c1)Cc1ccccc1. The summed E-state index contributed by atoms with van der Waals surface area (Å²) >= 11 is 0. The van der Waals surface area contributed by atoms with Gasteiger partial charge in [-0.25, -0.2) is 0 Å².